The average Bonchev–Trinajstić information content (AvgIpc) is 3.11. The fraction of sp³-hybridized carbons (Fsp3) is 0.148. The van der Waals surface area contributed by atoms with E-state index in [1.165, 1.54) is 12.0 Å². The van der Waals surface area contributed by atoms with Gasteiger partial charge in [-0.15, -0.1) is 0 Å². The zero-order valence-electron chi connectivity index (χ0n) is 19.6. The molecule has 1 N–H and O–H groups in total. The molecule has 3 amide bonds. The lowest BCUT2D eigenvalue weighted by Crippen LogP contribution is -2.27. The number of anilines is 1. The topological polar surface area (TPSA) is 84.9 Å². The Morgan fingerprint density at radius 3 is 2.58 bits per heavy atom. The van der Waals surface area contributed by atoms with E-state index in [1.54, 1.807) is 24.3 Å². The van der Waals surface area contributed by atoms with Crippen LogP contribution in [0.3, 0.4) is 0 Å². The van der Waals surface area contributed by atoms with Crippen molar-refractivity contribution in [1.82, 2.24) is 4.90 Å². The van der Waals surface area contributed by atoms with Crippen molar-refractivity contribution in [2.45, 2.75) is 13.5 Å². The molecule has 1 heterocycles. The summed E-state index contributed by atoms with van der Waals surface area (Å²) in [4.78, 5) is 39.2. The molecule has 1 aliphatic rings. The standard InChI is InChI=1S/C27H23BrN2O5S/c1-17-7-6-10-20(11-17)29-24(31)16-35-25-21(28)12-19(13-22(25)34-2)14-23-26(32)30(27(33)36-23)15-18-8-4-3-5-9-18/h3-14H,15-16H2,1-2H3,(H,29,31)/b23-14-. The van der Waals surface area contributed by atoms with E-state index in [2.05, 4.69) is 21.2 Å². The number of nitrogens with one attached hydrogen (secondary N) is 1. The van der Waals surface area contributed by atoms with Crippen LogP contribution in [0.15, 0.2) is 76.1 Å². The minimum atomic E-state index is -0.350. The van der Waals surface area contributed by atoms with E-state index < -0.39 is 0 Å². The number of benzene rings is 3. The predicted octanol–water partition coefficient (Wildman–Crippen LogP) is 6.02. The van der Waals surface area contributed by atoms with Crippen LogP contribution in [0, 0.1) is 6.92 Å². The van der Waals surface area contributed by atoms with Gasteiger partial charge in [-0.1, -0.05) is 42.5 Å². The number of imide groups is 1. The van der Waals surface area contributed by atoms with Gasteiger partial charge in [-0.25, -0.2) is 0 Å². The number of amides is 3. The normalized spacial score (nSPS) is 14.3. The molecule has 0 aromatic heterocycles. The van der Waals surface area contributed by atoms with Gasteiger partial charge in [0.2, 0.25) is 0 Å². The first-order chi connectivity index (χ1) is 17.3. The van der Waals surface area contributed by atoms with Gasteiger partial charge in [-0.05, 0) is 81.6 Å². The van der Waals surface area contributed by atoms with E-state index in [4.69, 9.17) is 9.47 Å². The van der Waals surface area contributed by atoms with Crippen molar-refractivity contribution in [2.75, 3.05) is 19.0 Å². The van der Waals surface area contributed by atoms with Gasteiger partial charge in [0, 0.05) is 5.69 Å². The van der Waals surface area contributed by atoms with E-state index in [0.29, 0.717) is 32.1 Å². The Kier molecular flexibility index (Phi) is 8.12. The highest BCUT2D eigenvalue weighted by Crippen LogP contribution is 2.39. The van der Waals surface area contributed by atoms with Crippen molar-refractivity contribution in [3.8, 4) is 11.5 Å². The quantitative estimate of drug-likeness (QED) is 0.335. The molecule has 0 bridgehead atoms. The summed E-state index contributed by atoms with van der Waals surface area (Å²) in [6.45, 7) is 1.94. The molecule has 0 radical (unpaired) electrons. The van der Waals surface area contributed by atoms with Crippen molar-refractivity contribution in [2.24, 2.45) is 0 Å². The number of rotatable bonds is 8. The van der Waals surface area contributed by atoms with Crippen LogP contribution in [0.5, 0.6) is 11.5 Å². The molecule has 1 fully saturated rings. The number of ether oxygens (including phenoxy) is 2. The van der Waals surface area contributed by atoms with Crippen LogP contribution in [0.1, 0.15) is 16.7 Å². The highest BCUT2D eigenvalue weighted by molar-refractivity contribution is 9.10. The molecule has 3 aromatic rings. The lowest BCUT2D eigenvalue weighted by molar-refractivity contribution is -0.123. The minimum Gasteiger partial charge on any atom is -0.493 e. The molecule has 1 saturated heterocycles. The zero-order chi connectivity index (χ0) is 25.7. The summed E-state index contributed by atoms with van der Waals surface area (Å²) in [7, 11) is 1.49. The van der Waals surface area contributed by atoms with E-state index >= 15 is 0 Å². The maximum absolute atomic E-state index is 12.9. The molecule has 1 aliphatic heterocycles. The van der Waals surface area contributed by atoms with Crippen LogP contribution in [0.2, 0.25) is 0 Å². The van der Waals surface area contributed by atoms with Gasteiger partial charge in [-0.2, -0.15) is 0 Å². The number of hydrogen-bond donors (Lipinski definition) is 1. The monoisotopic (exact) mass is 566 g/mol. The van der Waals surface area contributed by atoms with Gasteiger partial charge in [0.05, 0.1) is 23.0 Å². The molecule has 0 saturated carbocycles. The third kappa shape index (κ3) is 6.16. The van der Waals surface area contributed by atoms with Gasteiger partial charge < -0.3 is 14.8 Å². The maximum Gasteiger partial charge on any atom is 0.293 e. The Balaban J connectivity index is 1.46. The second-order valence-corrected chi connectivity index (χ2v) is 9.84. The fourth-order valence-corrected chi connectivity index (χ4v) is 4.99. The molecule has 7 nitrogen and oxygen atoms in total. The summed E-state index contributed by atoms with van der Waals surface area (Å²) in [6, 6.07) is 20.2. The van der Waals surface area contributed by atoms with E-state index in [0.717, 1.165) is 22.9 Å². The predicted molar refractivity (Wildman–Crippen MR) is 144 cm³/mol. The molecule has 4 rings (SSSR count). The third-order valence-electron chi connectivity index (χ3n) is 5.26. The molecular weight excluding hydrogens is 544 g/mol. The minimum absolute atomic E-state index is 0.216. The Bertz CT molecular complexity index is 1340. The number of hydrogen-bond acceptors (Lipinski definition) is 6. The molecule has 9 heteroatoms. The molecule has 0 atom stereocenters. The van der Waals surface area contributed by atoms with Crippen LogP contribution in [-0.4, -0.2) is 35.7 Å². The highest BCUT2D eigenvalue weighted by Gasteiger charge is 2.35. The summed E-state index contributed by atoms with van der Waals surface area (Å²) in [5, 5.41) is 2.47. The van der Waals surface area contributed by atoms with Crippen LogP contribution in [-0.2, 0) is 16.1 Å². The Morgan fingerprint density at radius 2 is 1.86 bits per heavy atom. The van der Waals surface area contributed by atoms with Crippen LogP contribution < -0.4 is 14.8 Å². The lowest BCUT2D eigenvalue weighted by atomic mass is 10.1. The van der Waals surface area contributed by atoms with Gasteiger partial charge in [0.1, 0.15) is 0 Å². The van der Waals surface area contributed by atoms with Crippen molar-refractivity contribution in [3.63, 3.8) is 0 Å². The molecule has 0 aliphatic carbocycles. The Labute approximate surface area is 221 Å². The second-order valence-electron chi connectivity index (χ2n) is 7.99. The fourth-order valence-electron chi connectivity index (χ4n) is 3.57. The largest absolute Gasteiger partial charge is 0.493 e. The molecule has 0 spiro atoms. The number of thioether (sulfide) groups is 1. The summed E-state index contributed by atoms with van der Waals surface area (Å²) in [6.07, 6.45) is 1.64. The maximum atomic E-state index is 12.9. The smallest absolute Gasteiger partial charge is 0.293 e. The first-order valence-electron chi connectivity index (χ1n) is 11.0. The summed E-state index contributed by atoms with van der Waals surface area (Å²) >= 11 is 4.36. The molecule has 36 heavy (non-hydrogen) atoms. The SMILES string of the molecule is COc1cc(/C=C2\SC(=O)N(Cc3ccccc3)C2=O)cc(Br)c1OCC(=O)Nc1cccc(C)c1. The van der Waals surface area contributed by atoms with Gasteiger partial charge in [0.25, 0.3) is 17.1 Å². The number of methoxy groups -OCH3 is 1. The third-order valence-corrected chi connectivity index (χ3v) is 6.75. The molecule has 3 aromatic carbocycles. The van der Waals surface area contributed by atoms with Crippen molar-refractivity contribution >= 4 is 56.5 Å². The van der Waals surface area contributed by atoms with Crippen LogP contribution in [0.4, 0.5) is 10.5 Å². The number of carbonyl (C=O) groups excluding carboxylic acids is 3. The summed E-state index contributed by atoms with van der Waals surface area (Å²) in [5.74, 6) is 0.0662. The van der Waals surface area contributed by atoms with Crippen LogP contribution in [0.25, 0.3) is 6.08 Å². The van der Waals surface area contributed by atoms with E-state index in [1.807, 2.05) is 55.5 Å². The van der Waals surface area contributed by atoms with E-state index in [-0.39, 0.29) is 30.2 Å². The zero-order valence-corrected chi connectivity index (χ0v) is 22.0. The van der Waals surface area contributed by atoms with Crippen molar-refractivity contribution < 1.29 is 23.9 Å². The van der Waals surface area contributed by atoms with Gasteiger partial charge in [-0.3, -0.25) is 19.3 Å². The summed E-state index contributed by atoms with van der Waals surface area (Å²) < 4.78 is 11.7. The molecule has 0 unspecified atom stereocenters. The molecular formula is C27H23BrN2O5S. The van der Waals surface area contributed by atoms with Crippen molar-refractivity contribution in [3.05, 3.63) is 92.8 Å². The first-order valence-corrected chi connectivity index (χ1v) is 12.6. The van der Waals surface area contributed by atoms with Crippen LogP contribution >= 0.6 is 27.7 Å². The number of carbonyl (C=O) groups is 3. The number of halogens is 1. The van der Waals surface area contributed by atoms with E-state index in [9.17, 15) is 14.4 Å². The van der Waals surface area contributed by atoms with Gasteiger partial charge >= 0.3 is 0 Å². The van der Waals surface area contributed by atoms with Gasteiger partial charge in [0.15, 0.2) is 18.1 Å². The lowest BCUT2D eigenvalue weighted by Gasteiger charge is -2.14. The number of aryl methyl sites for hydroxylation is 1. The Hall–Kier alpha value is -3.56. The first kappa shape index (κ1) is 25.5. The second kappa shape index (κ2) is 11.5. The Morgan fingerprint density at radius 1 is 1.08 bits per heavy atom. The summed E-state index contributed by atoms with van der Waals surface area (Å²) in [5.41, 5.74) is 3.23. The molecule has 184 valence electrons. The highest BCUT2D eigenvalue weighted by atomic mass is 79.9. The number of nitrogens with zero attached hydrogens (tertiary/aromatic N) is 1. The van der Waals surface area contributed by atoms with Crippen molar-refractivity contribution in [1.29, 1.82) is 0 Å². The average molecular weight is 567 g/mol.